The molecule has 0 saturated heterocycles. The van der Waals surface area contributed by atoms with Gasteiger partial charge in [0.25, 0.3) is 0 Å². The van der Waals surface area contributed by atoms with Gasteiger partial charge >= 0.3 is 0 Å². The highest BCUT2D eigenvalue weighted by Gasteiger charge is 2.40. The predicted octanol–water partition coefficient (Wildman–Crippen LogP) is 4.97. The molecule has 0 saturated carbocycles. The van der Waals surface area contributed by atoms with Gasteiger partial charge in [-0.1, -0.05) is 59.3 Å². The van der Waals surface area contributed by atoms with Crippen molar-refractivity contribution in [3.05, 3.63) is 23.3 Å². The zero-order chi connectivity index (χ0) is 12.1. The fraction of sp³-hybridized carbons (Fsp3) is 0.750. The summed E-state index contributed by atoms with van der Waals surface area (Å²) in [6, 6.07) is 0. The highest BCUT2D eigenvalue weighted by atomic mass is 14.5. The molecular formula is C16H26. The first kappa shape index (κ1) is 12.0. The van der Waals surface area contributed by atoms with Gasteiger partial charge in [0.1, 0.15) is 0 Å². The van der Waals surface area contributed by atoms with Gasteiger partial charge in [0, 0.05) is 0 Å². The summed E-state index contributed by atoms with van der Waals surface area (Å²) in [5, 5.41) is 0. The van der Waals surface area contributed by atoms with Crippen molar-refractivity contribution < 1.29 is 0 Å². The molecule has 2 aliphatic carbocycles. The molecule has 2 atom stereocenters. The monoisotopic (exact) mass is 218 g/mol. The molecule has 0 bridgehead atoms. The molecule has 0 heterocycles. The van der Waals surface area contributed by atoms with Crippen LogP contribution in [0.25, 0.3) is 0 Å². The van der Waals surface area contributed by atoms with Gasteiger partial charge in [-0.2, -0.15) is 0 Å². The van der Waals surface area contributed by atoms with E-state index < -0.39 is 0 Å². The lowest BCUT2D eigenvalue weighted by Crippen LogP contribution is -2.35. The van der Waals surface area contributed by atoms with Gasteiger partial charge < -0.3 is 0 Å². The van der Waals surface area contributed by atoms with E-state index in [-0.39, 0.29) is 0 Å². The minimum absolute atomic E-state index is 0.354. The Hall–Kier alpha value is -0.520. The van der Waals surface area contributed by atoms with E-state index in [1.54, 1.807) is 11.1 Å². The van der Waals surface area contributed by atoms with Crippen molar-refractivity contribution in [1.82, 2.24) is 0 Å². The van der Waals surface area contributed by atoms with E-state index in [4.69, 9.17) is 0 Å². The molecule has 2 rings (SSSR count). The van der Waals surface area contributed by atoms with Crippen molar-refractivity contribution >= 4 is 0 Å². The Kier molecular flexibility index (Phi) is 2.60. The molecule has 0 fully saturated rings. The van der Waals surface area contributed by atoms with Crippen LogP contribution in [0.3, 0.4) is 0 Å². The van der Waals surface area contributed by atoms with Crippen LogP contribution in [0.5, 0.6) is 0 Å². The van der Waals surface area contributed by atoms with Gasteiger partial charge in [0.15, 0.2) is 0 Å². The molecule has 0 aromatic heterocycles. The summed E-state index contributed by atoms with van der Waals surface area (Å²) >= 11 is 0. The van der Waals surface area contributed by atoms with E-state index in [1.165, 1.54) is 12.8 Å². The minimum Gasteiger partial charge on any atom is -0.0783 e. The molecule has 0 aromatic carbocycles. The average Bonchev–Trinajstić information content (AvgIpc) is 2.14. The van der Waals surface area contributed by atoms with E-state index in [9.17, 15) is 0 Å². The average molecular weight is 218 g/mol. The van der Waals surface area contributed by atoms with Crippen LogP contribution in [0.4, 0.5) is 0 Å². The second kappa shape index (κ2) is 3.48. The van der Waals surface area contributed by atoms with Crippen LogP contribution in [-0.4, -0.2) is 0 Å². The largest absolute Gasteiger partial charge is 0.0783 e. The van der Waals surface area contributed by atoms with Gasteiger partial charge in [-0.05, 0) is 41.1 Å². The zero-order valence-corrected chi connectivity index (χ0v) is 11.7. The SMILES string of the molecule is CC1CC(C)C(C)(C)C2=C1C=CC(C)(C)C2. The third-order valence-corrected chi connectivity index (χ3v) is 4.94. The second-order valence-corrected chi connectivity index (χ2v) is 7.19. The van der Waals surface area contributed by atoms with E-state index >= 15 is 0 Å². The van der Waals surface area contributed by atoms with Crippen molar-refractivity contribution in [1.29, 1.82) is 0 Å². The third kappa shape index (κ3) is 1.77. The standard InChI is InChI=1S/C16H26/c1-11-9-12(2)16(5,6)14-10-15(3,4)8-7-13(11)14/h7-8,11-12H,9-10H2,1-6H3. The quantitative estimate of drug-likeness (QED) is 0.538. The van der Waals surface area contributed by atoms with Crippen molar-refractivity contribution in [3.8, 4) is 0 Å². The van der Waals surface area contributed by atoms with E-state index in [1.807, 2.05) is 0 Å². The van der Waals surface area contributed by atoms with Crippen LogP contribution in [0, 0.1) is 22.7 Å². The van der Waals surface area contributed by atoms with E-state index in [0.29, 0.717) is 10.8 Å². The van der Waals surface area contributed by atoms with Crippen LogP contribution in [0.15, 0.2) is 23.3 Å². The smallest absolute Gasteiger partial charge is 0.0113 e. The number of allylic oxidation sites excluding steroid dienone is 4. The second-order valence-electron chi connectivity index (χ2n) is 7.19. The van der Waals surface area contributed by atoms with Crippen LogP contribution < -0.4 is 0 Å². The fourth-order valence-electron chi connectivity index (χ4n) is 3.34. The van der Waals surface area contributed by atoms with E-state index in [0.717, 1.165) is 11.8 Å². The van der Waals surface area contributed by atoms with Gasteiger partial charge in [-0.25, -0.2) is 0 Å². The molecule has 0 aromatic rings. The molecule has 2 unspecified atom stereocenters. The molecule has 0 amide bonds. The Balaban J connectivity index is 2.47. The number of hydrogen-bond acceptors (Lipinski definition) is 0. The van der Waals surface area contributed by atoms with Crippen LogP contribution in [0.2, 0.25) is 0 Å². The fourth-order valence-corrected chi connectivity index (χ4v) is 3.34. The molecule has 2 aliphatic rings. The normalized spacial score (nSPS) is 36.1. The molecule has 0 nitrogen and oxygen atoms in total. The molecule has 0 spiro atoms. The first-order valence-corrected chi connectivity index (χ1v) is 6.67. The minimum atomic E-state index is 0.354. The van der Waals surface area contributed by atoms with Crippen LogP contribution in [-0.2, 0) is 0 Å². The molecule has 0 heteroatoms. The lowest BCUT2D eigenvalue weighted by Gasteiger charge is -2.47. The Labute approximate surface area is 101 Å². The molecular weight excluding hydrogens is 192 g/mol. The Morgan fingerprint density at radius 2 is 1.75 bits per heavy atom. The van der Waals surface area contributed by atoms with Crippen molar-refractivity contribution in [3.63, 3.8) is 0 Å². The van der Waals surface area contributed by atoms with Crippen LogP contribution >= 0.6 is 0 Å². The maximum absolute atomic E-state index is 2.44. The van der Waals surface area contributed by atoms with Crippen molar-refractivity contribution in [2.24, 2.45) is 22.7 Å². The van der Waals surface area contributed by atoms with Crippen molar-refractivity contribution in [2.45, 2.75) is 54.4 Å². The Bertz CT molecular complexity index is 352. The maximum Gasteiger partial charge on any atom is -0.0113 e. The van der Waals surface area contributed by atoms with Gasteiger partial charge in [-0.15, -0.1) is 0 Å². The summed E-state index contributed by atoms with van der Waals surface area (Å²) in [7, 11) is 0. The predicted molar refractivity (Wildman–Crippen MR) is 71.3 cm³/mol. The first-order chi connectivity index (χ1) is 7.24. The third-order valence-electron chi connectivity index (χ3n) is 4.94. The summed E-state index contributed by atoms with van der Waals surface area (Å²) in [5.74, 6) is 1.56. The maximum atomic E-state index is 2.44. The van der Waals surface area contributed by atoms with Gasteiger partial charge in [0.2, 0.25) is 0 Å². The summed E-state index contributed by atoms with van der Waals surface area (Å²) in [4.78, 5) is 0. The lowest BCUT2D eigenvalue weighted by molar-refractivity contribution is 0.202. The Morgan fingerprint density at radius 3 is 2.38 bits per heavy atom. The van der Waals surface area contributed by atoms with Crippen LogP contribution in [0.1, 0.15) is 54.4 Å². The van der Waals surface area contributed by atoms with Gasteiger partial charge in [-0.3, -0.25) is 0 Å². The topological polar surface area (TPSA) is 0 Å². The van der Waals surface area contributed by atoms with Gasteiger partial charge in [0.05, 0.1) is 0 Å². The Morgan fingerprint density at radius 1 is 1.12 bits per heavy atom. The highest BCUT2D eigenvalue weighted by Crippen LogP contribution is 2.52. The molecule has 0 N–H and O–H groups in total. The summed E-state index contributed by atoms with van der Waals surface area (Å²) in [6.45, 7) is 14.4. The first-order valence-electron chi connectivity index (χ1n) is 6.67. The summed E-state index contributed by atoms with van der Waals surface area (Å²) < 4.78 is 0. The molecule has 16 heavy (non-hydrogen) atoms. The highest BCUT2D eigenvalue weighted by molar-refractivity contribution is 5.39. The molecule has 90 valence electrons. The summed E-state index contributed by atoms with van der Waals surface area (Å²) in [6.07, 6.45) is 7.42. The van der Waals surface area contributed by atoms with E-state index in [2.05, 4.69) is 53.7 Å². The summed E-state index contributed by atoms with van der Waals surface area (Å²) in [5.41, 5.74) is 4.12. The zero-order valence-electron chi connectivity index (χ0n) is 11.7. The lowest BCUT2D eigenvalue weighted by atomic mass is 9.58. The van der Waals surface area contributed by atoms with Crippen molar-refractivity contribution in [2.75, 3.05) is 0 Å². The number of hydrogen-bond donors (Lipinski definition) is 0. The molecule has 0 aliphatic heterocycles. The molecule has 0 radical (unpaired) electrons. The number of rotatable bonds is 0.